The average molecular weight is 408 g/mol. The van der Waals surface area contributed by atoms with E-state index in [1.54, 1.807) is 6.07 Å². The van der Waals surface area contributed by atoms with Crippen molar-refractivity contribution >= 4 is 49.4 Å². The molecule has 1 aromatic rings. The van der Waals surface area contributed by atoms with Crippen molar-refractivity contribution in [3.05, 3.63) is 26.6 Å². The molecule has 0 aliphatic rings. The number of aromatic carboxylic acids is 1. The van der Waals surface area contributed by atoms with E-state index < -0.39 is 17.9 Å². The number of nitrogens with two attached hydrogens (primary N) is 1. The van der Waals surface area contributed by atoms with E-state index in [9.17, 15) is 14.7 Å². The van der Waals surface area contributed by atoms with Gasteiger partial charge in [-0.2, -0.15) is 0 Å². The Morgan fingerprint density at radius 3 is 2.45 bits per heavy atom. The molecule has 1 amide bonds. The topological polar surface area (TPSA) is 92.4 Å². The van der Waals surface area contributed by atoms with Gasteiger partial charge < -0.3 is 16.2 Å². The normalized spacial score (nSPS) is 12.3. The molecular formula is C13H16Br2N2O3. The van der Waals surface area contributed by atoms with Crippen molar-refractivity contribution < 1.29 is 14.7 Å². The molecule has 0 saturated carbocycles. The first-order valence-electron chi connectivity index (χ1n) is 6.01. The number of halogens is 2. The van der Waals surface area contributed by atoms with Gasteiger partial charge in [0.25, 0.3) is 0 Å². The fourth-order valence-electron chi connectivity index (χ4n) is 1.70. The second kappa shape index (κ2) is 7.19. The molecule has 0 aromatic heterocycles. The van der Waals surface area contributed by atoms with Crippen LogP contribution in [-0.2, 0) is 4.79 Å². The summed E-state index contributed by atoms with van der Waals surface area (Å²) in [4.78, 5) is 23.2. The smallest absolute Gasteiger partial charge is 0.337 e. The number of anilines is 1. The van der Waals surface area contributed by atoms with Crippen molar-refractivity contribution in [2.75, 3.05) is 5.32 Å². The number of benzene rings is 1. The zero-order valence-electron chi connectivity index (χ0n) is 11.1. The van der Waals surface area contributed by atoms with Gasteiger partial charge in [0, 0.05) is 8.95 Å². The Bertz CT molecular complexity index is 533. The molecule has 0 aliphatic heterocycles. The van der Waals surface area contributed by atoms with Crippen molar-refractivity contribution in [1.29, 1.82) is 0 Å². The molecule has 0 aliphatic carbocycles. The number of carboxylic acids is 1. The van der Waals surface area contributed by atoms with Gasteiger partial charge in [0.1, 0.15) is 0 Å². The van der Waals surface area contributed by atoms with Gasteiger partial charge in [-0.15, -0.1) is 0 Å². The van der Waals surface area contributed by atoms with Crippen LogP contribution in [0.3, 0.4) is 0 Å². The third-order valence-corrected chi connectivity index (χ3v) is 3.68. The third kappa shape index (κ3) is 4.57. The first-order chi connectivity index (χ1) is 9.22. The van der Waals surface area contributed by atoms with Crippen LogP contribution in [0.1, 0.15) is 30.6 Å². The van der Waals surface area contributed by atoms with Gasteiger partial charge in [-0.1, -0.05) is 29.8 Å². The summed E-state index contributed by atoms with van der Waals surface area (Å²) in [5, 5.41) is 11.8. The van der Waals surface area contributed by atoms with Crippen LogP contribution in [0.15, 0.2) is 21.1 Å². The highest BCUT2D eigenvalue weighted by Gasteiger charge is 2.20. The van der Waals surface area contributed by atoms with Crippen molar-refractivity contribution in [1.82, 2.24) is 0 Å². The first-order valence-corrected chi connectivity index (χ1v) is 7.59. The van der Waals surface area contributed by atoms with Crippen LogP contribution in [0.25, 0.3) is 0 Å². The molecule has 4 N–H and O–H groups in total. The SMILES string of the molecule is CC(C)CC(N)C(=O)Nc1c(Br)cc(Br)cc1C(=O)O. The predicted molar refractivity (Wildman–Crippen MR) is 84.9 cm³/mol. The van der Waals surface area contributed by atoms with Gasteiger partial charge in [0.05, 0.1) is 17.3 Å². The fourth-order valence-corrected chi connectivity index (χ4v) is 3.02. The summed E-state index contributed by atoms with van der Waals surface area (Å²) >= 11 is 6.46. The first kappa shape index (κ1) is 17.1. The summed E-state index contributed by atoms with van der Waals surface area (Å²) in [6.45, 7) is 3.93. The van der Waals surface area contributed by atoms with Crippen molar-refractivity contribution in [3.8, 4) is 0 Å². The quantitative estimate of drug-likeness (QED) is 0.698. The molecule has 0 saturated heterocycles. The second-order valence-corrected chi connectivity index (χ2v) is 6.61. The summed E-state index contributed by atoms with van der Waals surface area (Å²) in [5.41, 5.74) is 6.00. The molecule has 1 unspecified atom stereocenters. The number of carbonyl (C=O) groups excluding carboxylic acids is 1. The van der Waals surface area contributed by atoms with E-state index in [4.69, 9.17) is 5.73 Å². The molecule has 0 radical (unpaired) electrons. The van der Waals surface area contributed by atoms with Gasteiger partial charge >= 0.3 is 5.97 Å². The van der Waals surface area contributed by atoms with Crippen LogP contribution in [0.2, 0.25) is 0 Å². The zero-order chi connectivity index (χ0) is 15.4. The van der Waals surface area contributed by atoms with E-state index in [0.29, 0.717) is 15.4 Å². The van der Waals surface area contributed by atoms with E-state index in [-0.39, 0.29) is 17.2 Å². The predicted octanol–water partition coefficient (Wildman–Crippen LogP) is 3.22. The average Bonchev–Trinajstić information content (AvgIpc) is 2.30. The van der Waals surface area contributed by atoms with Gasteiger partial charge in [-0.3, -0.25) is 4.79 Å². The van der Waals surface area contributed by atoms with Crippen LogP contribution < -0.4 is 11.1 Å². The Kier molecular flexibility index (Phi) is 6.16. The number of carboxylic acid groups (broad SMARTS) is 1. The number of amides is 1. The van der Waals surface area contributed by atoms with E-state index in [1.165, 1.54) is 6.07 Å². The van der Waals surface area contributed by atoms with E-state index in [2.05, 4.69) is 37.2 Å². The maximum absolute atomic E-state index is 12.0. The molecule has 1 aromatic carbocycles. The molecule has 7 heteroatoms. The van der Waals surface area contributed by atoms with Gasteiger partial charge in [0.2, 0.25) is 5.91 Å². The maximum atomic E-state index is 12.0. The number of rotatable bonds is 5. The highest BCUT2D eigenvalue weighted by Crippen LogP contribution is 2.31. The van der Waals surface area contributed by atoms with Crippen LogP contribution in [0, 0.1) is 5.92 Å². The Morgan fingerprint density at radius 1 is 1.35 bits per heavy atom. The van der Waals surface area contributed by atoms with Crippen LogP contribution in [-0.4, -0.2) is 23.0 Å². The monoisotopic (exact) mass is 406 g/mol. The molecule has 0 fully saturated rings. The highest BCUT2D eigenvalue weighted by molar-refractivity contribution is 9.11. The zero-order valence-corrected chi connectivity index (χ0v) is 14.3. The number of carbonyl (C=O) groups is 2. The maximum Gasteiger partial charge on any atom is 0.337 e. The third-order valence-electron chi connectivity index (χ3n) is 2.60. The highest BCUT2D eigenvalue weighted by atomic mass is 79.9. The molecule has 1 rings (SSSR count). The second-order valence-electron chi connectivity index (χ2n) is 4.84. The Labute approximate surface area is 134 Å². The van der Waals surface area contributed by atoms with Crippen molar-refractivity contribution in [3.63, 3.8) is 0 Å². The minimum Gasteiger partial charge on any atom is -0.478 e. The van der Waals surface area contributed by atoms with Gasteiger partial charge in [-0.05, 0) is 40.4 Å². The molecule has 110 valence electrons. The van der Waals surface area contributed by atoms with Gasteiger partial charge in [0.15, 0.2) is 0 Å². The lowest BCUT2D eigenvalue weighted by atomic mass is 10.0. The largest absolute Gasteiger partial charge is 0.478 e. The standard InChI is InChI=1S/C13H16Br2N2O3/c1-6(2)3-10(16)12(18)17-11-8(13(19)20)4-7(14)5-9(11)15/h4-6,10H,3,16H2,1-2H3,(H,17,18)(H,19,20). The number of nitrogens with one attached hydrogen (secondary N) is 1. The van der Waals surface area contributed by atoms with Crippen LogP contribution in [0.5, 0.6) is 0 Å². The lowest BCUT2D eigenvalue weighted by Crippen LogP contribution is -2.37. The van der Waals surface area contributed by atoms with Crippen molar-refractivity contribution in [2.45, 2.75) is 26.3 Å². The van der Waals surface area contributed by atoms with Crippen LogP contribution >= 0.6 is 31.9 Å². The lowest BCUT2D eigenvalue weighted by Gasteiger charge is -2.16. The van der Waals surface area contributed by atoms with E-state index >= 15 is 0 Å². The Morgan fingerprint density at radius 2 is 1.95 bits per heavy atom. The Balaban J connectivity index is 3.03. The summed E-state index contributed by atoms with van der Waals surface area (Å²) in [7, 11) is 0. The molecule has 20 heavy (non-hydrogen) atoms. The molecule has 0 bridgehead atoms. The summed E-state index contributed by atoms with van der Waals surface area (Å²) in [6.07, 6.45) is 0.530. The fraction of sp³-hybridized carbons (Fsp3) is 0.385. The van der Waals surface area contributed by atoms with E-state index in [0.717, 1.165) is 0 Å². The summed E-state index contributed by atoms with van der Waals surface area (Å²) < 4.78 is 1.08. The minimum absolute atomic E-state index is 0.00338. The Hall–Kier alpha value is -0.920. The summed E-state index contributed by atoms with van der Waals surface area (Å²) in [5.74, 6) is -1.24. The number of hydrogen-bond donors (Lipinski definition) is 3. The summed E-state index contributed by atoms with van der Waals surface area (Å²) in [6, 6.07) is 2.42. The minimum atomic E-state index is -1.13. The molecule has 5 nitrogen and oxygen atoms in total. The molecule has 0 heterocycles. The molecule has 1 atom stereocenters. The molecular weight excluding hydrogens is 392 g/mol. The van der Waals surface area contributed by atoms with Gasteiger partial charge in [-0.25, -0.2) is 4.79 Å². The lowest BCUT2D eigenvalue weighted by molar-refractivity contribution is -0.117. The van der Waals surface area contributed by atoms with Crippen LogP contribution in [0.4, 0.5) is 5.69 Å². The van der Waals surface area contributed by atoms with E-state index in [1.807, 2.05) is 13.8 Å². The molecule has 0 spiro atoms. The van der Waals surface area contributed by atoms with Crippen molar-refractivity contribution in [2.24, 2.45) is 11.7 Å². The number of hydrogen-bond acceptors (Lipinski definition) is 3.